The van der Waals surface area contributed by atoms with E-state index >= 15 is 0 Å². The van der Waals surface area contributed by atoms with Gasteiger partial charge in [-0.05, 0) is 30.4 Å². The molecule has 0 aliphatic rings. The van der Waals surface area contributed by atoms with Crippen molar-refractivity contribution in [3.05, 3.63) is 83.1 Å². The van der Waals surface area contributed by atoms with Crippen molar-refractivity contribution in [1.29, 1.82) is 5.41 Å². The van der Waals surface area contributed by atoms with Gasteiger partial charge in [0.2, 0.25) is 15.9 Å². The summed E-state index contributed by atoms with van der Waals surface area (Å²) in [6, 6.07) is 15.4. The van der Waals surface area contributed by atoms with E-state index in [0.29, 0.717) is 49.2 Å². The summed E-state index contributed by atoms with van der Waals surface area (Å²) in [7, 11) is -3.69. The Hall–Kier alpha value is -3.90. The number of hydrogen-bond acceptors (Lipinski definition) is 6. The first-order valence-corrected chi connectivity index (χ1v) is 14.0. The third kappa shape index (κ3) is 11.4. The van der Waals surface area contributed by atoms with Crippen molar-refractivity contribution in [3.8, 4) is 0 Å². The number of sulfonamides is 1. The smallest absolute Gasteiger partial charge is 0.239 e. The first-order chi connectivity index (χ1) is 18.1. The second-order valence-corrected chi connectivity index (χ2v) is 10.4. The largest absolute Gasteiger partial charge is 0.384 e. The van der Waals surface area contributed by atoms with Gasteiger partial charge in [0.1, 0.15) is 5.84 Å². The van der Waals surface area contributed by atoms with Gasteiger partial charge < -0.3 is 27.8 Å². The number of nitrogens with two attached hydrogens (primary N) is 3. The second kappa shape index (κ2) is 15.4. The van der Waals surface area contributed by atoms with Gasteiger partial charge >= 0.3 is 0 Å². The Balaban J connectivity index is 2.05. The minimum Gasteiger partial charge on any atom is -0.384 e. The highest BCUT2D eigenvalue weighted by molar-refractivity contribution is 7.88. The SMILES string of the molecule is CC/C=C(/NCC(=O)NCc1ccc(C(=N)N)cc1)[C@@H](CCCN=C(N)N)NS(=O)(=O)Cc1ccccc1. The maximum Gasteiger partial charge on any atom is 0.239 e. The van der Waals surface area contributed by atoms with Crippen LogP contribution < -0.4 is 32.6 Å². The molecule has 0 aliphatic heterocycles. The Morgan fingerprint density at radius 2 is 1.71 bits per heavy atom. The molecule has 1 amide bonds. The van der Waals surface area contributed by atoms with Crippen molar-refractivity contribution in [2.45, 2.75) is 44.5 Å². The summed E-state index contributed by atoms with van der Waals surface area (Å²) < 4.78 is 28.8. The molecule has 2 rings (SSSR count). The molecule has 0 radical (unpaired) electrons. The number of hydrogen-bond donors (Lipinski definition) is 7. The van der Waals surface area contributed by atoms with Crippen LogP contribution in [0.3, 0.4) is 0 Å². The lowest BCUT2D eigenvalue weighted by Gasteiger charge is -2.23. The average molecular weight is 543 g/mol. The zero-order valence-corrected chi connectivity index (χ0v) is 22.4. The van der Waals surface area contributed by atoms with E-state index in [1.165, 1.54) is 0 Å². The fraction of sp³-hybridized carbons (Fsp3) is 0.346. The number of allylic oxidation sites excluding steroid dienone is 1. The number of nitrogen functional groups attached to an aromatic ring is 1. The molecule has 0 fully saturated rings. The van der Waals surface area contributed by atoms with Crippen LogP contribution in [0.1, 0.15) is 42.9 Å². The highest BCUT2D eigenvalue weighted by atomic mass is 32.2. The summed E-state index contributed by atoms with van der Waals surface area (Å²) in [4.78, 5) is 16.5. The van der Waals surface area contributed by atoms with Gasteiger partial charge in [0, 0.05) is 24.4 Å². The molecule has 0 aliphatic carbocycles. The number of carbonyl (C=O) groups is 1. The van der Waals surface area contributed by atoms with E-state index < -0.39 is 16.1 Å². The number of benzene rings is 2. The first-order valence-electron chi connectivity index (χ1n) is 12.3. The van der Waals surface area contributed by atoms with Gasteiger partial charge in [-0.3, -0.25) is 15.2 Å². The van der Waals surface area contributed by atoms with Crippen LogP contribution in [-0.2, 0) is 27.1 Å². The molecule has 206 valence electrons. The number of carbonyl (C=O) groups excluding carboxylic acids is 1. The maximum absolute atomic E-state index is 13.0. The fourth-order valence-corrected chi connectivity index (χ4v) is 5.03. The Bertz CT molecular complexity index is 1210. The Morgan fingerprint density at radius 3 is 2.32 bits per heavy atom. The van der Waals surface area contributed by atoms with Crippen molar-refractivity contribution in [2.24, 2.45) is 22.2 Å². The van der Waals surface area contributed by atoms with Gasteiger partial charge in [-0.25, -0.2) is 13.1 Å². The molecule has 2 aromatic carbocycles. The zero-order chi connectivity index (χ0) is 28.0. The molecule has 1 atom stereocenters. The van der Waals surface area contributed by atoms with Crippen molar-refractivity contribution in [2.75, 3.05) is 13.1 Å². The lowest BCUT2D eigenvalue weighted by Crippen LogP contribution is -2.43. The van der Waals surface area contributed by atoms with Crippen LogP contribution in [0.15, 0.2) is 71.4 Å². The number of amidine groups is 1. The first kappa shape index (κ1) is 30.3. The molecule has 0 aromatic heterocycles. The molecule has 11 nitrogen and oxygen atoms in total. The predicted molar refractivity (Wildman–Crippen MR) is 152 cm³/mol. The van der Waals surface area contributed by atoms with Crippen molar-refractivity contribution in [3.63, 3.8) is 0 Å². The highest BCUT2D eigenvalue weighted by Crippen LogP contribution is 2.13. The van der Waals surface area contributed by atoms with Gasteiger partial charge in [0.15, 0.2) is 5.96 Å². The zero-order valence-electron chi connectivity index (χ0n) is 21.6. The number of nitrogens with zero attached hydrogens (tertiary/aromatic N) is 1. The number of amides is 1. The van der Waals surface area contributed by atoms with Crippen LogP contribution in [-0.4, -0.2) is 45.3 Å². The van der Waals surface area contributed by atoms with Crippen molar-refractivity contribution >= 4 is 27.7 Å². The van der Waals surface area contributed by atoms with Crippen LogP contribution >= 0.6 is 0 Å². The topological polar surface area (TPSA) is 202 Å². The minimum atomic E-state index is -3.69. The number of aliphatic imine (C=N–C) groups is 1. The molecular weight excluding hydrogens is 504 g/mol. The van der Waals surface area contributed by atoms with E-state index in [-0.39, 0.29) is 30.0 Å². The standard InChI is InChI=1S/C26H38N8O3S/c1-2-7-22(32-17-24(35)33-16-19-11-13-21(14-12-19)25(27)28)23(10-6-15-31-26(29)30)34-38(36,37)18-20-8-4-3-5-9-20/h3-5,7-9,11-14,23,32,34H,2,6,10,15-18H2,1H3,(H3,27,28)(H,33,35)(H4,29,30,31)/b22-7+/t23-/m1/s1. The van der Waals surface area contributed by atoms with E-state index in [9.17, 15) is 13.2 Å². The van der Waals surface area contributed by atoms with Crippen LogP contribution in [0.5, 0.6) is 0 Å². The van der Waals surface area contributed by atoms with Gasteiger partial charge in [-0.1, -0.05) is 67.6 Å². The molecule has 10 N–H and O–H groups in total. The summed E-state index contributed by atoms with van der Waals surface area (Å²) in [5, 5.41) is 13.4. The average Bonchev–Trinajstić information content (AvgIpc) is 2.87. The number of guanidine groups is 1. The Kier molecular flexibility index (Phi) is 12.3. The molecule has 0 spiro atoms. The summed E-state index contributed by atoms with van der Waals surface area (Å²) in [6.45, 7) is 2.54. The number of nitrogens with one attached hydrogen (secondary N) is 4. The Labute approximate surface area is 224 Å². The highest BCUT2D eigenvalue weighted by Gasteiger charge is 2.22. The van der Waals surface area contributed by atoms with Crippen LogP contribution in [0.25, 0.3) is 0 Å². The minimum absolute atomic E-state index is 0.0210. The number of rotatable bonds is 16. The molecule has 0 heterocycles. The van der Waals surface area contributed by atoms with Crippen LogP contribution in [0.4, 0.5) is 0 Å². The van der Waals surface area contributed by atoms with E-state index in [1.807, 2.05) is 19.1 Å². The summed E-state index contributed by atoms with van der Waals surface area (Å²) in [6.07, 6.45) is 3.46. The summed E-state index contributed by atoms with van der Waals surface area (Å²) in [5.41, 5.74) is 19.0. The summed E-state index contributed by atoms with van der Waals surface area (Å²) in [5.74, 6) is -0.469. The molecule has 0 unspecified atom stereocenters. The van der Waals surface area contributed by atoms with E-state index in [0.717, 1.165) is 5.56 Å². The summed E-state index contributed by atoms with van der Waals surface area (Å²) >= 11 is 0. The van der Waals surface area contributed by atoms with Crippen molar-refractivity contribution in [1.82, 2.24) is 15.4 Å². The third-order valence-corrected chi connectivity index (χ3v) is 6.83. The van der Waals surface area contributed by atoms with Gasteiger partial charge in [-0.15, -0.1) is 0 Å². The van der Waals surface area contributed by atoms with Gasteiger partial charge in [0.05, 0.1) is 18.3 Å². The normalized spacial score (nSPS) is 12.4. The van der Waals surface area contributed by atoms with Crippen molar-refractivity contribution < 1.29 is 13.2 Å². The molecule has 0 bridgehead atoms. The maximum atomic E-state index is 13.0. The molecule has 12 heteroatoms. The quantitative estimate of drug-likeness (QED) is 0.0931. The van der Waals surface area contributed by atoms with Crippen LogP contribution in [0, 0.1) is 5.41 Å². The van der Waals surface area contributed by atoms with E-state index in [2.05, 4.69) is 20.3 Å². The predicted octanol–water partition coefficient (Wildman–Crippen LogP) is 1.01. The lowest BCUT2D eigenvalue weighted by atomic mass is 10.1. The fourth-order valence-electron chi connectivity index (χ4n) is 3.64. The molecule has 0 saturated heterocycles. The second-order valence-electron chi connectivity index (χ2n) is 8.67. The van der Waals surface area contributed by atoms with Gasteiger partial charge in [-0.2, -0.15) is 0 Å². The lowest BCUT2D eigenvalue weighted by molar-refractivity contribution is -0.120. The van der Waals surface area contributed by atoms with E-state index in [4.69, 9.17) is 22.6 Å². The molecule has 0 saturated carbocycles. The van der Waals surface area contributed by atoms with Crippen LogP contribution in [0.2, 0.25) is 0 Å². The monoisotopic (exact) mass is 542 g/mol. The molecular formula is C26H38N8O3S. The Morgan fingerprint density at radius 1 is 1.03 bits per heavy atom. The van der Waals surface area contributed by atoms with Gasteiger partial charge in [0.25, 0.3) is 0 Å². The van der Waals surface area contributed by atoms with E-state index in [1.54, 1.807) is 48.5 Å². The molecule has 2 aromatic rings. The third-order valence-electron chi connectivity index (χ3n) is 5.47. The molecule has 38 heavy (non-hydrogen) atoms.